The zero-order valence-corrected chi connectivity index (χ0v) is 19.0. The zero-order valence-electron chi connectivity index (χ0n) is 19.0. The summed E-state index contributed by atoms with van der Waals surface area (Å²) in [5.41, 5.74) is 7.62. The Labute approximate surface area is 189 Å². The first-order valence-corrected chi connectivity index (χ1v) is 11.2. The Morgan fingerprint density at radius 3 is 2.69 bits per heavy atom. The molecule has 0 aromatic heterocycles. The van der Waals surface area contributed by atoms with Gasteiger partial charge in [0.1, 0.15) is 24.2 Å². The highest BCUT2D eigenvalue weighted by Gasteiger charge is 2.31. The van der Waals surface area contributed by atoms with Crippen LogP contribution in [-0.2, 0) is 24.2 Å². The number of hydrogen-bond acceptors (Lipinski definition) is 5. The highest BCUT2D eigenvalue weighted by Crippen LogP contribution is 2.34. The van der Waals surface area contributed by atoms with E-state index in [1.165, 1.54) is 27.8 Å². The Morgan fingerprint density at radius 1 is 1.16 bits per heavy atom. The maximum absolute atomic E-state index is 10.6. The summed E-state index contributed by atoms with van der Waals surface area (Å²) in [6.45, 7) is 7.00. The standard InChI is InChI=1S/C26H31NO5/c1-4-18-5-6-21(25(11-18)30-3)16-31-22-9-10-24-17(2)20(8-7-19(24)12-22)13-27-14-23(15-27)32-26(28)29/h5-6,9-12,23H,4,7-8,13-16H2,1-3H3,(H,28,29). The van der Waals surface area contributed by atoms with Gasteiger partial charge in [-0.1, -0.05) is 30.7 Å². The second-order valence-corrected chi connectivity index (χ2v) is 8.54. The highest BCUT2D eigenvalue weighted by atomic mass is 16.7. The van der Waals surface area contributed by atoms with Crippen LogP contribution in [-0.4, -0.2) is 49.0 Å². The van der Waals surface area contributed by atoms with E-state index in [4.69, 9.17) is 19.3 Å². The molecule has 0 spiro atoms. The molecule has 2 aromatic carbocycles. The van der Waals surface area contributed by atoms with Crippen molar-refractivity contribution in [3.63, 3.8) is 0 Å². The second kappa shape index (κ2) is 9.65. The predicted molar refractivity (Wildman–Crippen MR) is 123 cm³/mol. The van der Waals surface area contributed by atoms with Gasteiger partial charge in [-0.2, -0.15) is 0 Å². The van der Waals surface area contributed by atoms with Crippen molar-refractivity contribution in [2.75, 3.05) is 26.7 Å². The van der Waals surface area contributed by atoms with Crippen molar-refractivity contribution >= 4 is 11.7 Å². The van der Waals surface area contributed by atoms with Crippen LogP contribution in [0.5, 0.6) is 11.5 Å². The van der Waals surface area contributed by atoms with Crippen LogP contribution in [0.4, 0.5) is 4.79 Å². The third-order valence-corrected chi connectivity index (χ3v) is 6.47. The van der Waals surface area contributed by atoms with Gasteiger partial charge in [0.25, 0.3) is 0 Å². The third-order valence-electron chi connectivity index (χ3n) is 6.47. The molecule has 1 fully saturated rings. The fourth-order valence-electron chi connectivity index (χ4n) is 4.52. The molecule has 32 heavy (non-hydrogen) atoms. The lowest BCUT2D eigenvalue weighted by Gasteiger charge is -2.39. The maximum atomic E-state index is 10.6. The van der Waals surface area contributed by atoms with Gasteiger partial charge in [0, 0.05) is 25.2 Å². The number of allylic oxidation sites excluding steroid dienone is 1. The Hall–Kier alpha value is -2.99. The van der Waals surface area contributed by atoms with Crippen LogP contribution in [0.2, 0.25) is 0 Å². The Kier molecular flexibility index (Phi) is 6.70. The Morgan fingerprint density at radius 2 is 1.97 bits per heavy atom. The Balaban J connectivity index is 1.39. The van der Waals surface area contributed by atoms with Crippen LogP contribution in [0.15, 0.2) is 42.0 Å². The quantitative estimate of drug-likeness (QED) is 0.591. The number of carbonyl (C=O) groups is 1. The van der Waals surface area contributed by atoms with Crippen molar-refractivity contribution < 1.29 is 24.1 Å². The molecule has 2 aliphatic rings. The third kappa shape index (κ3) is 4.91. The summed E-state index contributed by atoms with van der Waals surface area (Å²) in [7, 11) is 1.70. The molecule has 2 aromatic rings. The zero-order chi connectivity index (χ0) is 22.7. The van der Waals surface area contributed by atoms with Crippen molar-refractivity contribution in [2.24, 2.45) is 0 Å². The molecule has 0 saturated carbocycles. The summed E-state index contributed by atoms with van der Waals surface area (Å²) in [4.78, 5) is 12.9. The summed E-state index contributed by atoms with van der Waals surface area (Å²) >= 11 is 0. The minimum Gasteiger partial charge on any atom is -0.496 e. The summed E-state index contributed by atoms with van der Waals surface area (Å²) < 4.78 is 16.5. The van der Waals surface area contributed by atoms with Crippen LogP contribution >= 0.6 is 0 Å². The van der Waals surface area contributed by atoms with Crippen LogP contribution < -0.4 is 9.47 Å². The number of nitrogens with zero attached hydrogens (tertiary/aromatic N) is 1. The average Bonchev–Trinajstić information content (AvgIpc) is 2.77. The summed E-state index contributed by atoms with van der Waals surface area (Å²) in [5.74, 6) is 1.74. The summed E-state index contributed by atoms with van der Waals surface area (Å²) in [6, 6.07) is 12.6. The Bertz CT molecular complexity index is 1020. The number of hydrogen-bond donors (Lipinski definition) is 1. The van der Waals surface area contributed by atoms with E-state index in [-0.39, 0.29) is 6.10 Å². The maximum Gasteiger partial charge on any atom is 0.506 e. The topological polar surface area (TPSA) is 68.2 Å². The lowest BCUT2D eigenvalue weighted by atomic mass is 9.85. The van der Waals surface area contributed by atoms with E-state index < -0.39 is 6.16 Å². The molecule has 1 saturated heterocycles. The molecule has 170 valence electrons. The largest absolute Gasteiger partial charge is 0.506 e. The molecule has 1 aliphatic carbocycles. The van der Waals surface area contributed by atoms with E-state index in [1.807, 2.05) is 6.07 Å². The molecule has 1 heterocycles. The number of likely N-dealkylation sites (tertiary alicyclic amines) is 1. The lowest BCUT2D eigenvalue weighted by molar-refractivity contribution is -0.0292. The van der Waals surface area contributed by atoms with Crippen molar-refractivity contribution in [1.82, 2.24) is 4.90 Å². The van der Waals surface area contributed by atoms with E-state index in [1.54, 1.807) is 7.11 Å². The number of rotatable bonds is 8. The molecule has 0 bridgehead atoms. The molecular formula is C26H31NO5. The SMILES string of the molecule is CCc1ccc(COc2ccc3c(c2)CCC(CN2CC(OC(=O)O)C2)=C3C)c(OC)c1. The molecular weight excluding hydrogens is 406 g/mol. The van der Waals surface area contributed by atoms with Gasteiger partial charge in [0.15, 0.2) is 0 Å². The van der Waals surface area contributed by atoms with Crippen molar-refractivity contribution in [2.45, 2.75) is 45.8 Å². The van der Waals surface area contributed by atoms with Crippen molar-refractivity contribution in [3.8, 4) is 11.5 Å². The van der Waals surface area contributed by atoms with Gasteiger partial charge >= 0.3 is 6.16 Å². The molecule has 0 atom stereocenters. The van der Waals surface area contributed by atoms with Crippen molar-refractivity contribution in [3.05, 3.63) is 64.2 Å². The van der Waals surface area contributed by atoms with Crippen LogP contribution in [0.25, 0.3) is 5.57 Å². The van der Waals surface area contributed by atoms with E-state index in [0.29, 0.717) is 19.7 Å². The monoisotopic (exact) mass is 437 g/mol. The highest BCUT2D eigenvalue weighted by molar-refractivity contribution is 5.72. The van der Waals surface area contributed by atoms with Gasteiger partial charge < -0.3 is 19.3 Å². The molecule has 4 rings (SSSR count). The molecule has 0 amide bonds. The van der Waals surface area contributed by atoms with Gasteiger partial charge in [0.2, 0.25) is 0 Å². The molecule has 0 radical (unpaired) electrons. The van der Waals surface area contributed by atoms with Crippen LogP contribution in [0, 0.1) is 0 Å². The van der Waals surface area contributed by atoms with E-state index in [9.17, 15) is 4.79 Å². The number of ether oxygens (including phenoxy) is 3. The van der Waals surface area contributed by atoms with Gasteiger partial charge in [-0.25, -0.2) is 4.79 Å². The van der Waals surface area contributed by atoms with E-state index in [0.717, 1.165) is 42.9 Å². The van der Waals surface area contributed by atoms with Crippen molar-refractivity contribution in [1.29, 1.82) is 0 Å². The van der Waals surface area contributed by atoms with Gasteiger partial charge in [0.05, 0.1) is 7.11 Å². The predicted octanol–water partition coefficient (Wildman–Crippen LogP) is 4.94. The number of benzene rings is 2. The van der Waals surface area contributed by atoms with Gasteiger partial charge in [-0.3, -0.25) is 4.90 Å². The first-order chi connectivity index (χ1) is 15.5. The van der Waals surface area contributed by atoms with E-state index >= 15 is 0 Å². The first kappa shape index (κ1) is 22.2. The summed E-state index contributed by atoms with van der Waals surface area (Å²) in [6.07, 6.45) is 1.59. The number of methoxy groups -OCH3 is 1. The number of fused-ring (bicyclic) bond motifs is 1. The second-order valence-electron chi connectivity index (χ2n) is 8.54. The van der Waals surface area contributed by atoms with Gasteiger partial charge in [-0.15, -0.1) is 0 Å². The molecule has 6 nitrogen and oxygen atoms in total. The number of aryl methyl sites for hydroxylation is 2. The number of carboxylic acid groups (broad SMARTS) is 1. The lowest BCUT2D eigenvalue weighted by Crippen LogP contribution is -2.53. The average molecular weight is 438 g/mol. The van der Waals surface area contributed by atoms with Crippen LogP contribution in [0.1, 0.15) is 42.5 Å². The normalized spacial score (nSPS) is 16.3. The molecule has 1 N–H and O–H groups in total. The minimum atomic E-state index is -1.19. The molecule has 6 heteroatoms. The first-order valence-electron chi connectivity index (χ1n) is 11.2. The van der Waals surface area contributed by atoms with Gasteiger partial charge in [-0.05, 0) is 66.6 Å². The smallest absolute Gasteiger partial charge is 0.496 e. The fraction of sp³-hybridized carbons (Fsp3) is 0.423. The summed E-state index contributed by atoms with van der Waals surface area (Å²) in [5, 5.41) is 8.71. The van der Waals surface area contributed by atoms with Crippen LogP contribution in [0.3, 0.4) is 0 Å². The minimum absolute atomic E-state index is 0.194. The van der Waals surface area contributed by atoms with E-state index in [2.05, 4.69) is 49.1 Å². The molecule has 0 unspecified atom stereocenters. The fourth-order valence-corrected chi connectivity index (χ4v) is 4.52. The molecule has 1 aliphatic heterocycles.